The van der Waals surface area contributed by atoms with Crippen LogP contribution < -0.4 is 5.73 Å². The van der Waals surface area contributed by atoms with Crippen LogP contribution in [0.15, 0.2) is 18.3 Å². The van der Waals surface area contributed by atoms with E-state index in [0.717, 1.165) is 24.4 Å². The Morgan fingerprint density at radius 1 is 1.44 bits per heavy atom. The van der Waals surface area contributed by atoms with E-state index in [0.29, 0.717) is 6.54 Å². The Balaban J connectivity index is 2.18. The van der Waals surface area contributed by atoms with E-state index in [-0.39, 0.29) is 0 Å². The molecule has 16 heavy (non-hydrogen) atoms. The number of rotatable bonds is 2. The van der Waals surface area contributed by atoms with Gasteiger partial charge in [0.15, 0.2) is 0 Å². The van der Waals surface area contributed by atoms with E-state index >= 15 is 0 Å². The van der Waals surface area contributed by atoms with E-state index in [1.807, 2.05) is 12.3 Å². The number of hydrogen-bond acceptors (Lipinski definition) is 2. The first-order valence-electron chi connectivity index (χ1n) is 5.82. The van der Waals surface area contributed by atoms with Gasteiger partial charge in [0.2, 0.25) is 0 Å². The number of hydrogen-bond donors (Lipinski definition) is 2. The number of H-pyrrole nitrogens is 1. The first-order chi connectivity index (χ1) is 7.90. The van der Waals surface area contributed by atoms with E-state index in [4.69, 9.17) is 5.73 Å². The topological polar surface area (TPSA) is 59.6 Å². The molecule has 0 unspecified atom stereocenters. The van der Waals surface area contributed by atoms with Gasteiger partial charge in [-0.2, -0.15) is 5.10 Å². The predicted molar refractivity (Wildman–Crippen MR) is 62.8 cm³/mol. The second-order valence-corrected chi connectivity index (χ2v) is 4.24. The summed E-state index contributed by atoms with van der Waals surface area (Å²) >= 11 is 0. The van der Waals surface area contributed by atoms with E-state index < -0.39 is 0 Å². The molecule has 0 fully saturated rings. The molecular formula is C12H16N4. The van der Waals surface area contributed by atoms with Crippen molar-refractivity contribution in [1.82, 2.24) is 14.8 Å². The average Bonchev–Trinajstić information content (AvgIpc) is 2.94. The highest BCUT2D eigenvalue weighted by Crippen LogP contribution is 2.29. The van der Waals surface area contributed by atoms with Gasteiger partial charge >= 0.3 is 0 Å². The minimum atomic E-state index is 0.508. The Kier molecular flexibility index (Phi) is 2.29. The molecule has 1 aliphatic heterocycles. The molecule has 3 N–H and O–H groups in total. The Morgan fingerprint density at radius 3 is 3.12 bits per heavy atom. The number of aromatic nitrogens is 3. The van der Waals surface area contributed by atoms with Crippen molar-refractivity contribution < 1.29 is 0 Å². The first-order valence-corrected chi connectivity index (χ1v) is 5.82. The van der Waals surface area contributed by atoms with Crippen LogP contribution in [-0.2, 0) is 19.5 Å². The zero-order valence-corrected chi connectivity index (χ0v) is 9.24. The molecule has 3 heterocycles. The summed E-state index contributed by atoms with van der Waals surface area (Å²) in [5.41, 5.74) is 10.5. The smallest absolute Gasteiger partial charge is 0.0856 e. The van der Waals surface area contributed by atoms with Gasteiger partial charge < -0.3 is 10.7 Å². The maximum absolute atomic E-state index is 5.78. The molecule has 2 aromatic heterocycles. The molecule has 0 amide bonds. The fourth-order valence-electron chi connectivity index (χ4n) is 2.48. The second-order valence-electron chi connectivity index (χ2n) is 4.24. The Bertz CT molecular complexity index is 481. The van der Waals surface area contributed by atoms with Crippen LogP contribution in [0.25, 0.3) is 11.3 Å². The van der Waals surface area contributed by atoms with Crippen molar-refractivity contribution >= 4 is 0 Å². The van der Waals surface area contributed by atoms with Crippen LogP contribution in [0.2, 0.25) is 0 Å². The molecule has 0 aliphatic carbocycles. The van der Waals surface area contributed by atoms with E-state index in [1.54, 1.807) is 0 Å². The fourth-order valence-corrected chi connectivity index (χ4v) is 2.48. The molecule has 0 saturated heterocycles. The number of nitrogens with zero attached hydrogens (tertiary/aromatic N) is 2. The van der Waals surface area contributed by atoms with Gasteiger partial charge in [0, 0.05) is 36.2 Å². The first kappa shape index (κ1) is 9.66. The molecule has 4 heteroatoms. The van der Waals surface area contributed by atoms with Crippen molar-refractivity contribution in [3.8, 4) is 11.3 Å². The molecule has 2 aromatic rings. The summed E-state index contributed by atoms with van der Waals surface area (Å²) in [6, 6.07) is 4.11. The minimum absolute atomic E-state index is 0.508. The lowest BCUT2D eigenvalue weighted by molar-refractivity contribution is 0.484. The molecule has 0 spiro atoms. The third-order valence-corrected chi connectivity index (χ3v) is 3.22. The summed E-state index contributed by atoms with van der Waals surface area (Å²) in [7, 11) is 0. The van der Waals surface area contributed by atoms with Gasteiger partial charge in [-0.25, -0.2) is 0 Å². The molecule has 0 bridgehead atoms. The fraction of sp³-hybridized carbons (Fsp3) is 0.417. The van der Waals surface area contributed by atoms with Crippen molar-refractivity contribution in [2.24, 2.45) is 5.73 Å². The largest absolute Gasteiger partial charge is 0.361 e. The third kappa shape index (κ3) is 1.38. The molecular weight excluding hydrogens is 200 g/mol. The van der Waals surface area contributed by atoms with Crippen LogP contribution in [0.4, 0.5) is 0 Å². The summed E-state index contributed by atoms with van der Waals surface area (Å²) in [6.45, 7) is 1.54. The highest BCUT2D eigenvalue weighted by atomic mass is 15.3. The quantitative estimate of drug-likeness (QED) is 0.802. The molecule has 0 radical (unpaired) electrons. The molecule has 0 saturated carbocycles. The molecule has 3 rings (SSSR count). The van der Waals surface area contributed by atoms with Gasteiger partial charge in [0.05, 0.1) is 5.69 Å². The standard InChI is InChI=1S/C12H16N4/c13-8-10-12(9-4-3-6-14-9)11-5-1-2-7-16(11)15-10/h3-4,6,14H,1-2,5,7-8,13H2. The van der Waals surface area contributed by atoms with Gasteiger partial charge in [-0.05, 0) is 31.4 Å². The summed E-state index contributed by atoms with van der Waals surface area (Å²) in [5, 5.41) is 4.60. The van der Waals surface area contributed by atoms with Crippen LogP contribution >= 0.6 is 0 Å². The van der Waals surface area contributed by atoms with Crippen molar-refractivity contribution in [1.29, 1.82) is 0 Å². The summed E-state index contributed by atoms with van der Waals surface area (Å²) < 4.78 is 2.13. The van der Waals surface area contributed by atoms with Gasteiger partial charge in [0.25, 0.3) is 0 Å². The Morgan fingerprint density at radius 2 is 2.38 bits per heavy atom. The lowest BCUT2D eigenvalue weighted by Gasteiger charge is -2.14. The number of nitrogens with one attached hydrogen (secondary N) is 1. The van der Waals surface area contributed by atoms with Crippen LogP contribution in [0.5, 0.6) is 0 Å². The molecule has 4 nitrogen and oxygen atoms in total. The highest BCUT2D eigenvalue weighted by molar-refractivity contribution is 5.65. The molecule has 0 atom stereocenters. The third-order valence-electron chi connectivity index (χ3n) is 3.22. The van der Waals surface area contributed by atoms with Crippen molar-refractivity contribution in [3.63, 3.8) is 0 Å². The Labute approximate surface area is 94.5 Å². The van der Waals surface area contributed by atoms with Crippen LogP contribution in [0, 0.1) is 0 Å². The minimum Gasteiger partial charge on any atom is -0.361 e. The maximum atomic E-state index is 5.78. The SMILES string of the molecule is NCc1nn2c(c1-c1ccc[nH]1)CCCC2. The summed E-state index contributed by atoms with van der Waals surface area (Å²) in [6.07, 6.45) is 5.54. The van der Waals surface area contributed by atoms with Crippen LogP contribution in [0.1, 0.15) is 24.2 Å². The second kappa shape index (κ2) is 3.79. The van der Waals surface area contributed by atoms with Crippen LogP contribution in [-0.4, -0.2) is 14.8 Å². The zero-order valence-electron chi connectivity index (χ0n) is 9.24. The van der Waals surface area contributed by atoms with Crippen molar-refractivity contribution in [3.05, 3.63) is 29.7 Å². The maximum Gasteiger partial charge on any atom is 0.0856 e. The van der Waals surface area contributed by atoms with Crippen LogP contribution in [0.3, 0.4) is 0 Å². The normalized spacial score (nSPS) is 15.1. The monoisotopic (exact) mass is 216 g/mol. The predicted octanol–water partition coefficient (Wildman–Crippen LogP) is 1.67. The van der Waals surface area contributed by atoms with Crippen molar-refractivity contribution in [2.75, 3.05) is 0 Å². The lowest BCUT2D eigenvalue weighted by atomic mass is 10.0. The summed E-state index contributed by atoms with van der Waals surface area (Å²) in [5.74, 6) is 0. The van der Waals surface area contributed by atoms with E-state index in [2.05, 4.69) is 20.8 Å². The number of aryl methyl sites for hydroxylation is 1. The average molecular weight is 216 g/mol. The van der Waals surface area contributed by atoms with Gasteiger partial charge in [-0.15, -0.1) is 0 Å². The van der Waals surface area contributed by atoms with Gasteiger partial charge in [-0.3, -0.25) is 4.68 Å². The highest BCUT2D eigenvalue weighted by Gasteiger charge is 2.20. The number of fused-ring (bicyclic) bond motifs is 1. The zero-order chi connectivity index (χ0) is 11.0. The van der Waals surface area contributed by atoms with Gasteiger partial charge in [0.1, 0.15) is 0 Å². The molecule has 84 valence electrons. The molecule has 1 aliphatic rings. The summed E-state index contributed by atoms with van der Waals surface area (Å²) in [4.78, 5) is 3.26. The van der Waals surface area contributed by atoms with E-state index in [9.17, 15) is 0 Å². The van der Waals surface area contributed by atoms with Crippen molar-refractivity contribution in [2.45, 2.75) is 32.4 Å². The van der Waals surface area contributed by atoms with E-state index in [1.165, 1.54) is 24.1 Å². The number of aromatic amines is 1. The lowest BCUT2D eigenvalue weighted by Crippen LogP contribution is -2.11. The molecule has 0 aromatic carbocycles. The number of nitrogens with two attached hydrogens (primary N) is 1. The Hall–Kier alpha value is -1.55. The van der Waals surface area contributed by atoms with Gasteiger partial charge in [-0.1, -0.05) is 0 Å².